The topological polar surface area (TPSA) is 78.8 Å². The number of carbonyl (C=O) groups is 1. The molecule has 9 nitrogen and oxygen atoms in total. The number of aromatic nitrogens is 3. The number of nitrogens with zero attached hydrogens (tertiary/aromatic N) is 6. The van der Waals surface area contributed by atoms with E-state index in [0.29, 0.717) is 17.9 Å². The smallest absolute Gasteiger partial charge is 0.227 e. The molecule has 2 bridgehead atoms. The minimum absolute atomic E-state index is 0.128. The van der Waals surface area contributed by atoms with Gasteiger partial charge in [-0.1, -0.05) is 17.3 Å². The molecular weight excluding hydrogens is 418 g/mol. The maximum atomic E-state index is 13.5. The number of fused-ring (bicyclic) bond motifs is 3. The van der Waals surface area contributed by atoms with Crippen LogP contribution < -0.4 is 15.0 Å². The SMILES string of the molecule is CNCc1cn(C[C@H]2C[C@@H]3CCN2C[C@@H]3C(=O)N2CCN(c3ccccc3OC)CC2)nn1. The molecule has 1 aromatic heterocycles. The first-order valence-corrected chi connectivity index (χ1v) is 12.1. The fraction of sp³-hybridized carbons (Fsp3) is 0.625. The number of piperazine rings is 1. The van der Waals surface area contributed by atoms with Crippen LogP contribution >= 0.6 is 0 Å². The van der Waals surface area contributed by atoms with Gasteiger partial charge in [-0.2, -0.15) is 0 Å². The Morgan fingerprint density at radius 2 is 2.00 bits per heavy atom. The Morgan fingerprint density at radius 3 is 2.73 bits per heavy atom. The Morgan fingerprint density at radius 1 is 1.18 bits per heavy atom. The highest BCUT2D eigenvalue weighted by molar-refractivity contribution is 5.80. The van der Waals surface area contributed by atoms with Crippen molar-refractivity contribution in [2.75, 3.05) is 58.3 Å². The Kier molecular flexibility index (Phi) is 6.50. The lowest BCUT2D eigenvalue weighted by atomic mass is 9.75. The van der Waals surface area contributed by atoms with Crippen molar-refractivity contribution in [3.63, 3.8) is 0 Å². The van der Waals surface area contributed by atoms with E-state index >= 15 is 0 Å². The van der Waals surface area contributed by atoms with Crippen LogP contribution in [0.2, 0.25) is 0 Å². The lowest BCUT2D eigenvalue weighted by Gasteiger charge is -2.50. The predicted octanol–water partition coefficient (Wildman–Crippen LogP) is 1.07. The summed E-state index contributed by atoms with van der Waals surface area (Å²) < 4.78 is 7.49. The predicted molar refractivity (Wildman–Crippen MR) is 126 cm³/mol. The minimum Gasteiger partial charge on any atom is -0.495 e. The zero-order valence-electron chi connectivity index (χ0n) is 19.7. The van der Waals surface area contributed by atoms with E-state index in [9.17, 15) is 4.79 Å². The molecule has 0 saturated carbocycles. The number of methoxy groups -OCH3 is 1. The van der Waals surface area contributed by atoms with Crippen molar-refractivity contribution in [2.24, 2.45) is 11.8 Å². The van der Waals surface area contributed by atoms with Gasteiger partial charge in [-0.05, 0) is 44.5 Å². The molecule has 33 heavy (non-hydrogen) atoms. The van der Waals surface area contributed by atoms with Gasteiger partial charge in [-0.15, -0.1) is 5.10 Å². The number of hydrogen-bond donors (Lipinski definition) is 1. The molecular formula is C24H35N7O2. The number of amides is 1. The van der Waals surface area contributed by atoms with E-state index in [0.717, 1.165) is 82.3 Å². The van der Waals surface area contributed by atoms with Crippen LogP contribution in [0, 0.1) is 11.8 Å². The van der Waals surface area contributed by atoms with Gasteiger partial charge in [0.05, 0.1) is 31.0 Å². The first-order chi connectivity index (χ1) is 16.2. The average Bonchev–Trinajstić information content (AvgIpc) is 3.31. The van der Waals surface area contributed by atoms with Crippen molar-refractivity contribution >= 4 is 11.6 Å². The van der Waals surface area contributed by atoms with Gasteiger partial charge >= 0.3 is 0 Å². The van der Waals surface area contributed by atoms with E-state index in [1.807, 2.05) is 36.1 Å². The average molecular weight is 454 g/mol. The van der Waals surface area contributed by atoms with E-state index in [1.165, 1.54) is 0 Å². The third-order valence-electron chi connectivity index (χ3n) is 7.55. The van der Waals surface area contributed by atoms with Crippen LogP contribution in [0.4, 0.5) is 5.69 Å². The summed E-state index contributed by atoms with van der Waals surface area (Å²) in [6, 6.07) is 8.57. The number of piperidine rings is 3. The van der Waals surface area contributed by atoms with Gasteiger partial charge in [0.2, 0.25) is 5.91 Å². The molecule has 1 aromatic carbocycles. The Hall–Kier alpha value is -2.65. The Balaban J connectivity index is 1.16. The van der Waals surface area contributed by atoms with Gasteiger partial charge in [-0.3, -0.25) is 14.4 Å². The molecule has 0 aliphatic carbocycles. The fourth-order valence-electron chi connectivity index (χ4n) is 5.81. The number of nitrogens with one attached hydrogen (secondary N) is 1. The van der Waals surface area contributed by atoms with Crippen molar-refractivity contribution in [3.8, 4) is 5.75 Å². The van der Waals surface area contributed by atoms with E-state index in [4.69, 9.17) is 4.74 Å². The highest BCUT2D eigenvalue weighted by Crippen LogP contribution is 2.38. The molecule has 5 heterocycles. The van der Waals surface area contributed by atoms with Crippen molar-refractivity contribution in [2.45, 2.75) is 32.0 Å². The third-order valence-corrected chi connectivity index (χ3v) is 7.55. The number of benzene rings is 1. The van der Waals surface area contributed by atoms with Crippen molar-refractivity contribution in [1.29, 1.82) is 0 Å². The van der Waals surface area contributed by atoms with E-state index < -0.39 is 0 Å². The van der Waals surface area contributed by atoms with Crippen molar-refractivity contribution in [1.82, 2.24) is 30.1 Å². The van der Waals surface area contributed by atoms with Gasteiger partial charge in [0.25, 0.3) is 0 Å². The van der Waals surface area contributed by atoms with Crippen LogP contribution in [-0.2, 0) is 17.9 Å². The van der Waals surface area contributed by atoms with Crippen LogP contribution in [0.5, 0.6) is 5.75 Å². The monoisotopic (exact) mass is 453 g/mol. The molecule has 1 N–H and O–H groups in total. The summed E-state index contributed by atoms with van der Waals surface area (Å²) in [4.78, 5) is 20.4. The van der Waals surface area contributed by atoms with Gasteiger partial charge in [-0.25, -0.2) is 0 Å². The Labute approximate surface area is 195 Å². The van der Waals surface area contributed by atoms with Crippen LogP contribution in [0.15, 0.2) is 30.5 Å². The zero-order chi connectivity index (χ0) is 22.8. The second-order valence-corrected chi connectivity index (χ2v) is 9.49. The second-order valence-electron chi connectivity index (χ2n) is 9.49. The number of anilines is 1. The van der Waals surface area contributed by atoms with Gasteiger partial charge in [0.15, 0.2) is 0 Å². The van der Waals surface area contributed by atoms with E-state index in [2.05, 4.69) is 36.4 Å². The van der Waals surface area contributed by atoms with Crippen molar-refractivity contribution in [3.05, 3.63) is 36.2 Å². The lowest BCUT2D eigenvalue weighted by molar-refractivity contribution is -0.144. The summed E-state index contributed by atoms with van der Waals surface area (Å²) in [5.41, 5.74) is 2.08. The summed E-state index contributed by atoms with van der Waals surface area (Å²) in [6.45, 7) is 6.78. The van der Waals surface area contributed by atoms with Crippen LogP contribution in [0.25, 0.3) is 0 Å². The lowest BCUT2D eigenvalue weighted by Crippen LogP contribution is -2.60. The molecule has 2 aromatic rings. The summed E-state index contributed by atoms with van der Waals surface area (Å²) in [5, 5.41) is 11.6. The fourth-order valence-corrected chi connectivity index (χ4v) is 5.81. The van der Waals surface area contributed by atoms with Crippen LogP contribution in [0.1, 0.15) is 18.5 Å². The van der Waals surface area contributed by atoms with Gasteiger partial charge < -0.3 is 19.9 Å². The molecule has 4 saturated heterocycles. The largest absolute Gasteiger partial charge is 0.495 e. The highest BCUT2D eigenvalue weighted by atomic mass is 16.5. The molecule has 4 aliphatic rings. The second kappa shape index (κ2) is 9.69. The summed E-state index contributed by atoms with van der Waals surface area (Å²) in [6.07, 6.45) is 4.22. The molecule has 1 amide bonds. The standard InChI is InChI=1S/C24H35N7O2/c1-25-14-19-15-31(27-26-19)16-20-13-18-7-8-30(20)17-21(18)24(32)29-11-9-28(10-12-29)22-5-3-4-6-23(22)33-2/h3-6,15,18,20-21,25H,7-14,16-17H2,1-2H3/t18-,20+,21-/m0/s1. The van der Waals surface area contributed by atoms with E-state index in [-0.39, 0.29) is 5.92 Å². The summed E-state index contributed by atoms with van der Waals surface area (Å²) in [5.74, 6) is 1.84. The number of ether oxygens (including phenoxy) is 1. The molecule has 9 heteroatoms. The zero-order valence-corrected chi connectivity index (χ0v) is 19.7. The number of para-hydroxylation sites is 2. The molecule has 4 aliphatic heterocycles. The van der Waals surface area contributed by atoms with Crippen LogP contribution in [0.3, 0.4) is 0 Å². The number of carbonyl (C=O) groups excluding carboxylic acids is 1. The molecule has 4 atom stereocenters. The molecule has 178 valence electrons. The van der Waals surface area contributed by atoms with Crippen molar-refractivity contribution < 1.29 is 9.53 Å². The maximum Gasteiger partial charge on any atom is 0.227 e. The number of hydrogen-bond acceptors (Lipinski definition) is 7. The van der Waals surface area contributed by atoms with Gasteiger partial charge in [0.1, 0.15) is 5.75 Å². The number of rotatable bonds is 7. The molecule has 1 unspecified atom stereocenters. The molecule has 6 rings (SSSR count). The van der Waals surface area contributed by atoms with Gasteiger partial charge in [0, 0.05) is 51.5 Å². The van der Waals surface area contributed by atoms with Crippen LogP contribution in [-0.4, -0.2) is 90.2 Å². The quantitative estimate of drug-likeness (QED) is 0.672. The molecule has 0 spiro atoms. The third kappa shape index (κ3) is 4.56. The minimum atomic E-state index is 0.128. The first kappa shape index (κ1) is 22.2. The maximum absolute atomic E-state index is 13.5. The normalized spacial score (nSPS) is 27.1. The molecule has 0 radical (unpaired) electrons. The van der Waals surface area contributed by atoms with E-state index in [1.54, 1.807) is 7.11 Å². The summed E-state index contributed by atoms with van der Waals surface area (Å²) >= 11 is 0. The molecule has 4 fully saturated rings. The highest BCUT2D eigenvalue weighted by Gasteiger charge is 2.44. The first-order valence-electron chi connectivity index (χ1n) is 12.1. The summed E-state index contributed by atoms with van der Waals surface area (Å²) in [7, 11) is 3.63. The Bertz CT molecular complexity index is 956.